The predicted molar refractivity (Wildman–Crippen MR) is 93.4 cm³/mol. The van der Waals surface area contributed by atoms with E-state index in [1.54, 1.807) is 0 Å². The predicted octanol–water partition coefficient (Wildman–Crippen LogP) is 4.71. The summed E-state index contributed by atoms with van der Waals surface area (Å²) in [5.74, 6) is 0.0959. The fraction of sp³-hybridized carbons (Fsp3) is 0.0667. The quantitative estimate of drug-likeness (QED) is 0.373. The summed E-state index contributed by atoms with van der Waals surface area (Å²) in [6.07, 6.45) is 1.36. The van der Waals surface area contributed by atoms with E-state index >= 15 is 0 Å². The van der Waals surface area contributed by atoms with Crippen LogP contribution in [0.4, 0.5) is 4.39 Å². The fourth-order valence-corrected chi connectivity index (χ4v) is 2.50. The smallest absolute Gasteiger partial charge is 0.180 e. The molecule has 0 radical (unpaired) electrons. The molecule has 7 heteroatoms. The average molecular weight is 356 g/mol. The van der Waals surface area contributed by atoms with Crippen LogP contribution in [0, 0.1) is 5.82 Å². The monoisotopic (exact) mass is 355 g/mol. The molecule has 0 aliphatic carbocycles. The molecule has 0 fully saturated rings. The van der Waals surface area contributed by atoms with Gasteiger partial charge in [0.25, 0.3) is 0 Å². The van der Waals surface area contributed by atoms with Crippen LogP contribution in [0.1, 0.15) is 11.1 Å². The molecular formula is C15H12Cl2FN3S. The second kappa shape index (κ2) is 8.17. The molecule has 0 aliphatic rings. The zero-order valence-electron chi connectivity index (χ0n) is 11.3. The van der Waals surface area contributed by atoms with E-state index in [2.05, 4.69) is 10.2 Å². The summed E-state index contributed by atoms with van der Waals surface area (Å²) < 4.78 is 13.4. The van der Waals surface area contributed by atoms with Crippen molar-refractivity contribution in [3.63, 3.8) is 0 Å². The van der Waals surface area contributed by atoms with Gasteiger partial charge in [-0.1, -0.05) is 65.3 Å². The molecule has 2 N–H and O–H groups in total. The molecule has 0 aromatic heterocycles. The number of rotatable bonds is 4. The SMILES string of the molecule is NC(=NN=Cc1cc(F)c(Cl)c(Cl)c1)SCc1ccccc1. The normalized spacial score (nSPS) is 12.0. The van der Waals surface area contributed by atoms with Crippen LogP contribution in [0.2, 0.25) is 10.0 Å². The maximum Gasteiger partial charge on any atom is 0.180 e. The van der Waals surface area contributed by atoms with E-state index in [1.165, 1.54) is 30.1 Å². The summed E-state index contributed by atoms with van der Waals surface area (Å²) in [4.78, 5) is 0. The van der Waals surface area contributed by atoms with Crippen molar-refractivity contribution in [3.05, 3.63) is 69.5 Å². The Morgan fingerprint density at radius 2 is 1.95 bits per heavy atom. The summed E-state index contributed by atoms with van der Waals surface area (Å²) in [5.41, 5.74) is 7.34. The zero-order valence-corrected chi connectivity index (χ0v) is 13.7. The Hall–Kier alpha value is -1.56. The lowest BCUT2D eigenvalue weighted by Gasteiger charge is -2.00. The van der Waals surface area contributed by atoms with Gasteiger partial charge in [-0.2, -0.15) is 5.10 Å². The van der Waals surface area contributed by atoms with Gasteiger partial charge in [0.2, 0.25) is 0 Å². The molecule has 0 spiro atoms. The topological polar surface area (TPSA) is 50.7 Å². The number of amidine groups is 1. The third-order valence-electron chi connectivity index (χ3n) is 2.60. The van der Waals surface area contributed by atoms with Gasteiger partial charge in [0, 0.05) is 5.75 Å². The Morgan fingerprint density at radius 3 is 2.64 bits per heavy atom. The molecule has 0 unspecified atom stereocenters. The van der Waals surface area contributed by atoms with E-state index in [-0.39, 0.29) is 10.0 Å². The first kappa shape index (κ1) is 16.8. The summed E-state index contributed by atoms with van der Waals surface area (Å²) in [6.45, 7) is 0. The van der Waals surface area contributed by atoms with Gasteiger partial charge in [-0.25, -0.2) is 4.39 Å². The molecule has 3 nitrogen and oxygen atoms in total. The molecule has 114 valence electrons. The molecule has 0 amide bonds. The van der Waals surface area contributed by atoms with E-state index < -0.39 is 5.82 Å². The van der Waals surface area contributed by atoms with E-state index in [0.29, 0.717) is 16.5 Å². The minimum atomic E-state index is -0.606. The van der Waals surface area contributed by atoms with Crippen LogP contribution in [-0.4, -0.2) is 11.4 Å². The van der Waals surface area contributed by atoms with Gasteiger partial charge in [0.05, 0.1) is 16.3 Å². The highest BCUT2D eigenvalue weighted by Gasteiger charge is 2.05. The Morgan fingerprint density at radius 1 is 1.23 bits per heavy atom. The third kappa shape index (κ3) is 5.02. The molecule has 0 aliphatic heterocycles. The van der Waals surface area contributed by atoms with Gasteiger partial charge < -0.3 is 5.73 Å². The van der Waals surface area contributed by atoms with Gasteiger partial charge in [0.1, 0.15) is 5.82 Å². The van der Waals surface area contributed by atoms with Crippen molar-refractivity contribution in [2.75, 3.05) is 0 Å². The maximum atomic E-state index is 13.4. The summed E-state index contributed by atoms with van der Waals surface area (Å²) in [6, 6.07) is 12.6. The van der Waals surface area contributed by atoms with Crippen molar-refractivity contribution in [1.29, 1.82) is 0 Å². The van der Waals surface area contributed by atoms with Crippen molar-refractivity contribution in [3.8, 4) is 0 Å². The highest BCUT2D eigenvalue weighted by atomic mass is 35.5. The van der Waals surface area contributed by atoms with Gasteiger partial charge in [-0.15, -0.1) is 5.10 Å². The number of nitrogens with two attached hydrogens (primary N) is 1. The lowest BCUT2D eigenvalue weighted by atomic mass is 10.2. The van der Waals surface area contributed by atoms with Crippen molar-refractivity contribution >= 4 is 46.3 Å². The standard InChI is InChI=1S/C15H12Cl2FN3S/c16-12-6-11(7-13(18)14(12)17)8-20-21-15(19)22-9-10-4-2-1-3-5-10/h1-8H,9H2,(H2,19,21). The Bertz CT molecular complexity index is 682. The first-order chi connectivity index (χ1) is 10.6. The third-order valence-corrected chi connectivity index (χ3v) is 4.23. The Labute approximate surface area is 142 Å². The number of hydrogen-bond donors (Lipinski definition) is 1. The first-order valence-corrected chi connectivity index (χ1v) is 7.98. The molecule has 0 heterocycles. The molecule has 2 aromatic rings. The van der Waals surface area contributed by atoms with Crippen molar-refractivity contribution in [2.24, 2.45) is 15.9 Å². The number of halogens is 3. The molecular weight excluding hydrogens is 344 g/mol. The minimum absolute atomic E-state index is 0.111. The average Bonchev–Trinajstić information content (AvgIpc) is 2.51. The summed E-state index contributed by atoms with van der Waals surface area (Å²) in [5, 5.41) is 7.99. The molecule has 0 atom stereocenters. The van der Waals surface area contributed by atoms with Crippen LogP contribution in [0.5, 0.6) is 0 Å². The summed E-state index contributed by atoms with van der Waals surface area (Å²) >= 11 is 12.8. The van der Waals surface area contributed by atoms with Gasteiger partial charge in [-0.05, 0) is 23.3 Å². The van der Waals surface area contributed by atoms with Gasteiger partial charge >= 0.3 is 0 Å². The molecule has 0 saturated carbocycles. The van der Waals surface area contributed by atoms with Crippen LogP contribution in [0.3, 0.4) is 0 Å². The van der Waals surface area contributed by atoms with Crippen LogP contribution < -0.4 is 5.73 Å². The second-order valence-electron chi connectivity index (χ2n) is 4.26. The van der Waals surface area contributed by atoms with E-state index in [4.69, 9.17) is 28.9 Å². The lowest BCUT2D eigenvalue weighted by Crippen LogP contribution is -2.06. The Balaban J connectivity index is 1.95. The minimum Gasteiger partial charge on any atom is -0.377 e. The molecule has 2 aromatic carbocycles. The first-order valence-electron chi connectivity index (χ1n) is 6.24. The molecule has 0 saturated heterocycles. The maximum absolute atomic E-state index is 13.4. The number of benzene rings is 2. The molecule has 22 heavy (non-hydrogen) atoms. The van der Waals surface area contributed by atoms with Crippen LogP contribution in [0.25, 0.3) is 0 Å². The number of hydrogen-bond acceptors (Lipinski definition) is 3. The van der Waals surface area contributed by atoms with Gasteiger partial charge in [-0.3, -0.25) is 0 Å². The molecule has 0 bridgehead atoms. The van der Waals surface area contributed by atoms with Crippen LogP contribution in [-0.2, 0) is 5.75 Å². The summed E-state index contributed by atoms with van der Waals surface area (Å²) in [7, 11) is 0. The van der Waals surface area contributed by atoms with Gasteiger partial charge in [0.15, 0.2) is 5.17 Å². The van der Waals surface area contributed by atoms with E-state index in [9.17, 15) is 4.39 Å². The van der Waals surface area contributed by atoms with E-state index in [1.807, 2.05) is 30.3 Å². The van der Waals surface area contributed by atoms with Crippen molar-refractivity contribution in [1.82, 2.24) is 0 Å². The lowest BCUT2D eigenvalue weighted by molar-refractivity contribution is 0.628. The number of thioether (sulfide) groups is 1. The highest BCUT2D eigenvalue weighted by molar-refractivity contribution is 8.13. The van der Waals surface area contributed by atoms with Crippen molar-refractivity contribution in [2.45, 2.75) is 5.75 Å². The fourth-order valence-electron chi connectivity index (χ4n) is 1.56. The zero-order chi connectivity index (χ0) is 15.9. The molecule has 2 rings (SSSR count). The second-order valence-corrected chi connectivity index (χ2v) is 6.04. The van der Waals surface area contributed by atoms with Crippen LogP contribution >= 0.6 is 35.0 Å². The number of nitrogens with zero attached hydrogens (tertiary/aromatic N) is 2. The Kier molecular flexibility index (Phi) is 6.24. The van der Waals surface area contributed by atoms with E-state index in [0.717, 1.165) is 5.56 Å². The largest absolute Gasteiger partial charge is 0.377 e. The highest BCUT2D eigenvalue weighted by Crippen LogP contribution is 2.25. The van der Waals surface area contributed by atoms with Crippen LogP contribution in [0.15, 0.2) is 52.7 Å². The van der Waals surface area contributed by atoms with Crippen molar-refractivity contribution < 1.29 is 4.39 Å².